The van der Waals surface area contributed by atoms with Gasteiger partial charge in [-0.15, -0.1) is 0 Å². The van der Waals surface area contributed by atoms with Crippen molar-refractivity contribution < 1.29 is 22.7 Å². The minimum absolute atomic E-state index is 0.0103. The number of carbonyl (C=O) groups excluding carboxylic acids is 1. The van der Waals surface area contributed by atoms with E-state index in [0.29, 0.717) is 6.54 Å². The summed E-state index contributed by atoms with van der Waals surface area (Å²) in [4.78, 5) is 11.7. The second-order valence-corrected chi connectivity index (χ2v) is 7.76. The van der Waals surface area contributed by atoms with Gasteiger partial charge in [0.15, 0.2) is 0 Å². The van der Waals surface area contributed by atoms with Crippen LogP contribution in [0.4, 0.5) is 18.0 Å². The first-order chi connectivity index (χ1) is 10.5. The normalized spacial score (nSPS) is 27.4. The number of amides is 1. The van der Waals surface area contributed by atoms with E-state index in [2.05, 4.69) is 10.6 Å². The van der Waals surface area contributed by atoms with Crippen molar-refractivity contribution in [3.63, 3.8) is 0 Å². The van der Waals surface area contributed by atoms with Crippen LogP contribution in [0.5, 0.6) is 0 Å². The number of hydrogen-bond acceptors (Lipinski definition) is 3. The maximum atomic E-state index is 13.1. The monoisotopic (exact) mass is 336 g/mol. The molecule has 2 saturated carbocycles. The van der Waals surface area contributed by atoms with Crippen LogP contribution in [0.2, 0.25) is 0 Å². The molecule has 0 spiro atoms. The standard InChI is InChI=1S/C16H27F3N2O2/c1-14(2,3)23-13(22)20-10-11-6-4-5-7-12(11)21-15(8-9-15)16(17,18)19/h11-12,21H,4-10H2,1-3H3,(H,20,22). The summed E-state index contributed by atoms with van der Waals surface area (Å²) in [6, 6.07) is -0.206. The van der Waals surface area contributed by atoms with E-state index in [4.69, 9.17) is 4.74 Å². The van der Waals surface area contributed by atoms with E-state index in [9.17, 15) is 18.0 Å². The van der Waals surface area contributed by atoms with Crippen LogP contribution in [0, 0.1) is 5.92 Å². The van der Waals surface area contributed by atoms with Crippen molar-refractivity contribution in [1.29, 1.82) is 0 Å². The lowest BCUT2D eigenvalue weighted by Gasteiger charge is -2.36. The van der Waals surface area contributed by atoms with E-state index in [-0.39, 0.29) is 24.8 Å². The quantitative estimate of drug-likeness (QED) is 0.822. The Morgan fingerprint density at radius 2 is 1.78 bits per heavy atom. The number of ether oxygens (including phenoxy) is 1. The van der Waals surface area contributed by atoms with Crippen molar-refractivity contribution in [2.24, 2.45) is 5.92 Å². The molecule has 0 saturated heterocycles. The molecular weight excluding hydrogens is 309 g/mol. The molecule has 0 aromatic rings. The summed E-state index contributed by atoms with van der Waals surface area (Å²) in [5.74, 6) is 0.0103. The molecule has 2 fully saturated rings. The zero-order valence-electron chi connectivity index (χ0n) is 14.1. The Kier molecular flexibility index (Phi) is 5.18. The lowest BCUT2D eigenvalue weighted by Crippen LogP contribution is -2.54. The average Bonchev–Trinajstić information content (AvgIpc) is 3.16. The maximum absolute atomic E-state index is 13.1. The molecule has 1 amide bonds. The van der Waals surface area contributed by atoms with Crippen LogP contribution in [-0.4, -0.2) is 36.0 Å². The molecule has 2 atom stereocenters. The summed E-state index contributed by atoms with van der Waals surface area (Å²) in [6.07, 6.45) is -0.961. The third kappa shape index (κ3) is 4.99. The van der Waals surface area contributed by atoms with Gasteiger partial charge in [-0.05, 0) is 52.4 Å². The van der Waals surface area contributed by atoms with E-state index < -0.39 is 23.4 Å². The fourth-order valence-corrected chi connectivity index (χ4v) is 3.16. The predicted octanol–water partition coefficient (Wildman–Crippen LogP) is 3.75. The van der Waals surface area contributed by atoms with Crippen LogP contribution < -0.4 is 10.6 Å². The van der Waals surface area contributed by atoms with Crippen molar-refractivity contribution in [3.8, 4) is 0 Å². The lowest BCUT2D eigenvalue weighted by atomic mass is 9.83. The van der Waals surface area contributed by atoms with Crippen molar-refractivity contribution in [1.82, 2.24) is 10.6 Å². The first-order valence-corrected chi connectivity index (χ1v) is 8.34. The highest BCUT2D eigenvalue weighted by atomic mass is 19.4. The summed E-state index contributed by atoms with van der Waals surface area (Å²) < 4.78 is 44.6. The summed E-state index contributed by atoms with van der Waals surface area (Å²) in [5.41, 5.74) is -2.28. The van der Waals surface area contributed by atoms with Gasteiger partial charge in [0.1, 0.15) is 11.1 Å². The molecule has 4 nitrogen and oxygen atoms in total. The van der Waals surface area contributed by atoms with E-state index in [1.807, 2.05) is 0 Å². The molecule has 2 aliphatic carbocycles. The maximum Gasteiger partial charge on any atom is 0.407 e. The highest BCUT2D eigenvalue weighted by Gasteiger charge is 2.64. The Morgan fingerprint density at radius 1 is 1.17 bits per heavy atom. The summed E-state index contributed by atoms with van der Waals surface area (Å²) in [6.45, 7) is 5.67. The number of hydrogen-bond donors (Lipinski definition) is 2. The lowest BCUT2D eigenvalue weighted by molar-refractivity contribution is -0.169. The molecule has 0 aromatic carbocycles. The van der Waals surface area contributed by atoms with Gasteiger partial charge in [-0.3, -0.25) is 0 Å². The third-order valence-corrected chi connectivity index (χ3v) is 4.57. The van der Waals surface area contributed by atoms with E-state index in [1.54, 1.807) is 20.8 Å². The van der Waals surface area contributed by atoms with Crippen LogP contribution >= 0.6 is 0 Å². The van der Waals surface area contributed by atoms with E-state index in [0.717, 1.165) is 25.7 Å². The summed E-state index contributed by atoms with van der Waals surface area (Å²) in [7, 11) is 0. The number of nitrogens with one attached hydrogen (secondary N) is 2. The zero-order chi connectivity index (χ0) is 17.3. The molecule has 2 rings (SSSR count). The van der Waals surface area contributed by atoms with Crippen LogP contribution in [0.3, 0.4) is 0 Å². The average molecular weight is 336 g/mol. The van der Waals surface area contributed by atoms with E-state index >= 15 is 0 Å². The second-order valence-electron chi connectivity index (χ2n) is 7.76. The van der Waals surface area contributed by atoms with Gasteiger partial charge in [-0.2, -0.15) is 13.2 Å². The number of alkyl halides is 3. The molecule has 2 aliphatic rings. The van der Waals surface area contributed by atoms with Gasteiger partial charge in [0.05, 0.1) is 0 Å². The molecule has 0 bridgehead atoms. The van der Waals surface area contributed by atoms with Crippen LogP contribution in [0.15, 0.2) is 0 Å². The van der Waals surface area contributed by atoms with Crippen LogP contribution in [0.1, 0.15) is 59.3 Å². The van der Waals surface area contributed by atoms with Gasteiger partial charge in [0, 0.05) is 12.6 Å². The van der Waals surface area contributed by atoms with Crippen molar-refractivity contribution in [2.45, 2.75) is 82.7 Å². The van der Waals surface area contributed by atoms with Gasteiger partial charge < -0.3 is 15.4 Å². The first kappa shape index (κ1) is 18.4. The number of alkyl carbamates (subject to hydrolysis) is 1. The molecule has 2 N–H and O–H groups in total. The Morgan fingerprint density at radius 3 is 2.30 bits per heavy atom. The molecular formula is C16H27F3N2O2. The van der Waals surface area contributed by atoms with Gasteiger partial charge in [-0.1, -0.05) is 12.8 Å². The molecule has 0 aromatic heterocycles. The number of carbonyl (C=O) groups is 1. The highest BCUT2D eigenvalue weighted by Crippen LogP contribution is 2.50. The fourth-order valence-electron chi connectivity index (χ4n) is 3.16. The predicted molar refractivity (Wildman–Crippen MR) is 81.1 cm³/mol. The third-order valence-electron chi connectivity index (χ3n) is 4.57. The molecule has 2 unspecified atom stereocenters. The fraction of sp³-hybridized carbons (Fsp3) is 0.938. The second kappa shape index (κ2) is 6.49. The minimum Gasteiger partial charge on any atom is -0.444 e. The van der Waals surface area contributed by atoms with Crippen LogP contribution in [-0.2, 0) is 4.74 Å². The molecule has 23 heavy (non-hydrogen) atoms. The number of rotatable bonds is 4. The van der Waals surface area contributed by atoms with Crippen molar-refractivity contribution >= 4 is 6.09 Å². The minimum atomic E-state index is -4.20. The van der Waals surface area contributed by atoms with Gasteiger partial charge in [0.25, 0.3) is 0 Å². The van der Waals surface area contributed by atoms with E-state index in [1.165, 1.54) is 0 Å². The van der Waals surface area contributed by atoms with Gasteiger partial charge >= 0.3 is 12.3 Å². The van der Waals surface area contributed by atoms with Crippen LogP contribution in [0.25, 0.3) is 0 Å². The SMILES string of the molecule is CC(C)(C)OC(=O)NCC1CCCCC1NC1(C(F)(F)F)CC1. The Hall–Kier alpha value is -0.980. The molecule has 0 heterocycles. The first-order valence-electron chi connectivity index (χ1n) is 8.34. The molecule has 134 valence electrons. The number of halogens is 3. The zero-order valence-corrected chi connectivity index (χ0v) is 14.1. The Balaban J connectivity index is 1.88. The Labute approximate surface area is 135 Å². The molecule has 0 aliphatic heterocycles. The molecule has 7 heteroatoms. The summed E-state index contributed by atoms with van der Waals surface area (Å²) in [5, 5.41) is 5.55. The van der Waals surface area contributed by atoms with Crippen molar-refractivity contribution in [2.75, 3.05) is 6.54 Å². The summed E-state index contributed by atoms with van der Waals surface area (Å²) >= 11 is 0. The Bertz CT molecular complexity index is 428. The molecule has 0 radical (unpaired) electrons. The highest BCUT2D eigenvalue weighted by molar-refractivity contribution is 5.67. The van der Waals surface area contributed by atoms with Crippen molar-refractivity contribution in [3.05, 3.63) is 0 Å². The van der Waals surface area contributed by atoms with Gasteiger partial charge in [-0.25, -0.2) is 4.79 Å². The largest absolute Gasteiger partial charge is 0.444 e. The van der Waals surface area contributed by atoms with Gasteiger partial charge in [0.2, 0.25) is 0 Å². The topological polar surface area (TPSA) is 50.4 Å². The smallest absolute Gasteiger partial charge is 0.407 e.